The first-order chi connectivity index (χ1) is 18.0. The van der Waals surface area contributed by atoms with Gasteiger partial charge in [-0.3, -0.25) is 0 Å². The van der Waals surface area contributed by atoms with E-state index < -0.39 is 5.97 Å². The fraction of sp³-hybridized carbons (Fsp3) is 0.200. The Bertz CT molecular complexity index is 1610. The van der Waals surface area contributed by atoms with Gasteiger partial charge in [-0.2, -0.15) is 0 Å². The highest BCUT2D eigenvalue weighted by Gasteiger charge is 2.27. The molecule has 7 nitrogen and oxygen atoms in total. The number of rotatable bonds is 8. The Morgan fingerprint density at radius 1 is 0.892 bits per heavy atom. The summed E-state index contributed by atoms with van der Waals surface area (Å²) in [7, 11) is 4.65. The third kappa shape index (κ3) is 3.93. The molecule has 0 bridgehead atoms. The van der Waals surface area contributed by atoms with Gasteiger partial charge >= 0.3 is 5.97 Å². The summed E-state index contributed by atoms with van der Waals surface area (Å²) in [5.74, 6) is 0.234. The molecule has 1 N–H and O–H groups in total. The predicted molar refractivity (Wildman–Crippen MR) is 144 cm³/mol. The molecule has 0 aliphatic heterocycles. The van der Waals surface area contributed by atoms with Gasteiger partial charge in [0.1, 0.15) is 5.69 Å². The number of carboxylic acids is 1. The summed E-state index contributed by atoms with van der Waals surface area (Å²) in [6, 6.07) is 23.6. The number of fused-ring (bicyclic) bond motifs is 3. The van der Waals surface area contributed by atoms with Crippen LogP contribution in [0.1, 0.15) is 35.4 Å². The minimum absolute atomic E-state index is 0.00836. The van der Waals surface area contributed by atoms with Crippen LogP contribution in [0.3, 0.4) is 0 Å². The quantitative estimate of drug-likeness (QED) is 0.261. The van der Waals surface area contributed by atoms with Crippen LogP contribution in [-0.2, 0) is 0 Å². The number of aromatic nitrogens is 2. The molecule has 0 amide bonds. The molecule has 0 saturated carbocycles. The fourth-order valence-corrected chi connectivity index (χ4v) is 5.17. The number of ether oxygens (including phenoxy) is 3. The summed E-state index contributed by atoms with van der Waals surface area (Å²) in [4.78, 5) is 16.9. The van der Waals surface area contributed by atoms with Crippen molar-refractivity contribution in [2.75, 3.05) is 21.3 Å². The maximum Gasteiger partial charge on any atom is 0.354 e. The van der Waals surface area contributed by atoms with Crippen molar-refractivity contribution in [3.8, 4) is 28.5 Å². The highest BCUT2D eigenvalue weighted by Crippen LogP contribution is 2.47. The number of methoxy groups -OCH3 is 3. The minimum Gasteiger partial charge on any atom is -0.493 e. The zero-order chi connectivity index (χ0) is 26.1. The van der Waals surface area contributed by atoms with Gasteiger partial charge in [-0.25, -0.2) is 9.78 Å². The number of benzene rings is 3. The van der Waals surface area contributed by atoms with Crippen LogP contribution in [0.5, 0.6) is 17.2 Å². The van der Waals surface area contributed by atoms with E-state index in [0.29, 0.717) is 28.5 Å². The van der Waals surface area contributed by atoms with E-state index in [0.717, 1.165) is 33.8 Å². The highest BCUT2D eigenvalue weighted by atomic mass is 16.5. The van der Waals surface area contributed by atoms with Crippen molar-refractivity contribution < 1.29 is 24.1 Å². The Hall–Kier alpha value is -4.52. The maximum atomic E-state index is 12.2. The molecule has 37 heavy (non-hydrogen) atoms. The average molecular weight is 497 g/mol. The fourth-order valence-electron chi connectivity index (χ4n) is 5.17. The molecule has 0 spiro atoms. The lowest BCUT2D eigenvalue weighted by Gasteiger charge is -2.22. The van der Waals surface area contributed by atoms with Crippen molar-refractivity contribution in [3.63, 3.8) is 0 Å². The zero-order valence-corrected chi connectivity index (χ0v) is 21.2. The summed E-state index contributed by atoms with van der Waals surface area (Å²) >= 11 is 0. The summed E-state index contributed by atoms with van der Waals surface area (Å²) < 4.78 is 19.2. The van der Waals surface area contributed by atoms with E-state index in [4.69, 9.17) is 14.2 Å². The van der Waals surface area contributed by atoms with E-state index in [-0.39, 0.29) is 11.7 Å². The largest absolute Gasteiger partial charge is 0.493 e. The lowest BCUT2D eigenvalue weighted by molar-refractivity contribution is 0.0691. The van der Waals surface area contributed by atoms with Crippen molar-refractivity contribution in [1.29, 1.82) is 0 Å². The van der Waals surface area contributed by atoms with Crippen LogP contribution in [0.15, 0.2) is 72.8 Å². The van der Waals surface area contributed by atoms with Crippen LogP contribution in [0, 0.1) is 0 Å². The van der Waals surface area contributed by atoms with Crippen LogP contribution in [0.2, 0.25) is 0 Å². The molecule has 188 valence electrons. The Labute approximate surface area is 214 Å². The molecule has 5 aromatic rings. The Kier molecular flexibility index (Phi) is 6.44. The number of pyridine rings is 1. The normalized spacial score (nSPS) is 12.0. The predicted octanol–water partition coefficient (Wildman–Crippen LogP) is 6.58. The molecule has 0 saturated heterocycles. The van der Waals surface area contributed by atoms with Crippen LogP contribution in [0.4, 0.5) is 0 Å². The lowest BCUT2D eigenvalue weighted by Crippen LogP contribution is -2.11. The second kappa shape index (κ2) is 9.85. The highest BCUT2D eigenvalue weighted by molar-refractivity contribution is 6.14. The molecule has 0 fully saturated rings. The first-order valence-corrected chi connectivity index (χ1v) is 12.0. The SMILES string of the molecule is CCC(c1ccccc1)n1c2ccccc2c2cc(C(=O)O)nc(-c3ccc(OC)c(OC)c3OC)c21. The molecule has 2 aromatic heterocycles. The topological polar surface area (TPSA) is 82.8 Å². The van der Waals surface area contributed by atoms with Crippen LogP contribution >= 0.6 is 0 Å². The summed E-state index contributed by atoms with van der Waals surface area (Å²) in [5, 5.41) is 11.8. The molecule has 0 radical (unpaired) electrons. The first-order valence-electron chi connectivity index (χ1n) is 12.0. The number of hydrogen-bond donors (Lipinski definition) is 1. The van der Waals surface area contributed by atoms with Crippen molar-refractivity contribution >= 4 is 27.8 Å². The summed E-state index contributed by atoms with van der Waals surface area (Å²) in [5.41, 5.74) is 4.04. The van der Waals surface area contributed by atoms with Crippen LogP contribution in [-0.4, -0.2) is 42.0 Å². The Balaban J connectivity index is 1.97. The van der Waals surface area contributed by atoms with Gasteiger partial charge in [0.2, 0.25) is 5.75 Å². The third-order valence-corrected chi connectivity index (χ3v) is 6.75. The van der Waals surface area contributed by atoms with E-state index >= 15 is 0 Å². The number of carbonyl (C=O) groups is 1. The van der Waals surface area contributed by atoms with Gasteiger partial charge < -0.3 is 23.9 Å². The van der Waals surface area contributed by atoms with E-state index in [1.807, 2.05) is 42.5 Å². The van der Waals surface area contributed by atoms with E-state index in [2.05, 4.69) is 34.7 Å². The van der Waals surface area contributed by atoms with Gasteiger partial charge in [-0.15, -0.1) is 0 Å². The molecular formula is C30H28N2O5. The molecule has 0 aliphatic rings. The molecule has 3 aromatic carbocycles. The van der Waals surface area contributed by atoms with E-state index in [1.54, 1.807) is 33.5 Å². The molecule has 1 atom stereocenters. The van der Waals surface area contributed by atoms with Gasteiger partial charge in [-0.05, 0) is 36.2 Å². The number of hydrogen-bond acceptors (Lipinski definition) is 5. The molecule has 0 aliphatic carbocycles. The Morgan fingerprint density at radius 2 is 1.59 bits per heavy atom. The molecule has 2 heterocycles. The van der Waals surface area contributed by atoms with Crippen molar-refractivity contribution in [3.05, 3.63) is 84.1 Å². The van der Waals surface area contributed by atoms with Gasteiger partial charge in [0.25, 0.3) is 0 Å². The van der Waals surface area contributed by atoms with Crippen molar-refractivity contribution in [2.45, 2.75) is 19.4 Å². The van der Waals surface area contributed by atoms with Gasteiger partial charge in [0.05, 0.1) is 38.6 Å². The van der Waals surface area contributed by atoms with Gasteiger partial charge in [0.15, 0.2) is 11.5 Å². The van der Waals surface area contributed by atoms with Gasteiger partial charge in [0, 0.05) is 21.9 Å². The molecule has 1 unspecified atom stereocenters. The maximum absolute atomic E-state index is 12.2. The standard InChI is InChI=1S/C30H28N2O5/c1-5-23(18-11-7-6-8-12-18)32-24-14-10-9-13-19(24)21-17-22(30(33)34)31-26(27(21)32)20-15-16-25(35-2)29(37-4)28(20)36-3/h6-17,23H,5H2,1-4H3,(H,33,34). The smallest absolute Gasteiger partial charge is 0.354 e. The van der Waals surface area contributed by atoms with E-state index in [9.17, 15) is 9.90 Å². The average Bonchev–Trinajstić information content (AvgIpc) is 3.27. The number of nitrogens with zero attached hydrogens (tertiary/aromatic N) is 2. The van der Waals surface area contributed by atoms with E-state index in [1.165, 1.54) is 0 Å². The Morgan fingerprint density at radius 3 is 2.24 bits per heavy atom. The second-order valence-electron chi connectivity index (χ2n) is 8.66. The minimum atomic E-state index is -1.10. The second-order valence-corrected chi connectivity index (χ2v) is 8.66. The monoisotopic (exact) mass is 496 g/mol. The molecular weight excluding hydrogens is 468 g/mol. The molecule has 7 heteroatoms. The zero-order valence-electron chi connectivity index (χ0n) is 21.2. The summed E-state index contributed by atoms with van der Waals surface area (Å²) in [6.45, 7) is 2.15. The summed E-state index contributed by atoms with van der Waals surface area (Å²) in [6.07, 6.45) is 0.820. The van der Waals surface area contributed by atoms with Gasteiger partial charge in [-0.1, -0.05) is 55.5 Å². The third-order valence-electron chi connectivity index (χ3n) is 6.75. The number of para-hydroxylation sites is 1. The van der Waals surface area contributed by atoms with Crippen LogP contribution < -0.4 is 14.2 Å². The van der Waals surface area contributed by atoms with Crippen LogP contribution in [0.25, 0.3) is 33.1 Å². The van der Waals surface area contributed by atoms with Crippen molar-refractivity contribution in [1.82, 2.24) is 9.55 Å². The number of carboxylic acid groups (broad SMARTS) is 1. The van der Waals surface area contributed by atoms with Crippen molar-refractivity contribution in [2.24, 2.45) is 0 Å². The molecule has 5 rings (SSSR count). The lowest BCUT2D eigenvalue weighted by atomic mass is 10.0. The first kappa shape index (κ1) is 24.2. The number of aromatic carboxylic acids is 1.